The molecule has 5 heteroatoms. The number of hydrogen-bond donors (Lipinski definition) is 0. The summed E-state index contributed by atoms with van der Waals surface area (Å²) in [6, 6.07) is 8.49. The van der Waals surface area contributed by atoms with Crippen LogP contribution in [0.15, 0.2) is 24.3 Å². The van der Waals surface area contributed by atoms with E-state index in [1.807, 2.05) is 19.5 Å². The Kier molecular flexibility index (Phi) is 18.9. The fraction of sp³-hybridized carbons (Fsp3) is 0.818. The maximum absolute atomic E-state index is 11.9. The van der Waals surface area contributed by atoms with E-state index in [-0.39, 0.29) is 21.7 Å². The first kappa shape index (κ1) is 33.9. The standard InChI is InChI=1S/C27H50P2.C6H4F.HI.Pd/c1-5-14-24(15-6-1)28(25-16-7-2-8-17-25)22-13-23-29(26-18-9-3-10-19-26)27-20-11-4-12-21-27;7-6-4-2-1-3-5-6;;/h24-27H,1-23H2;2-5H;1H;/q;-1;;+2/p+1. The molecule has 38 heavy (non-hydrogen) atoms. The van der Waals surface area contributed by atoms with Crippen LogP contribution in [0.2, 0.25) is 0 Å². The van der Waals surface area contributed by atoms with Crippen LogP contribution in [0.3, 0.4) is 0 Å². The van der Waals surface area contributed by atoms with E-state index in [1.54, 1.807) is 147 Å². The first-order chi connectivity index (χ1) is 18.8. The summed E-state index contributed by atoms with van der Waals surface area (Å²) in [6.45, 7) is 0. The predicted octanol–water partition coefficient (Wildman–Crippen LogP) is 11.6. The van der Waals surface area contributed by atoms with E-state index >= 15 is 0 Å². The van der Waals surface area contributed by atoms with Crippen LogP contribution in [-0.2, 0) is 15.6 Å². The van der Waals surface area contributed by atoms with Gasteiger partial charge >= 0.3 is 35.1 Å². The van der Waals surface area contributed by atoms with Crippen molar-refractivity contribution in [2.45, 2.75) is 157 Å². The van der Waals surface area contributed by atoms with E-state index in [9.17, 15) is 4.39 Å². The summed E-state index contributed by atoms with van der Waals surface area (Å²) in [5, 5.41) is 0. The molecule has 0 N–H and O–H groups in total. The van der Waals surface area contributed by atoms with Crippen molar-refractivity contribution in [3.63, 3.8) is 0 Å². The van der Waals surface area contributed by atoms with Crippen molar-refractivity contribution < 1.29 is 20.0 Å². The zero-order chi connectivity index (χ0) is 26.8. The molecular formula is C33H56FIP2Pd+2. The Morgan fingerprint density at radius 1 is 0.579 bits per heavy atom. The van der Waals surface area contributed by atoms with Gasteiger partial charge in [-0.25, -0.2) is 4.39 Å². The summed E-state index contributed by atoms with van der Waals surface area (Å²) < 4.78 is 11.9. The second-order valence-corrected chi connectivity index (χ2v) is 19.1. The van der Waals surface area contributed by atoms with E-state index < -0.39 is 0 Å². The summed E-state index contributed by atoms with van der Waals surface area (Å²) in [5.74, 6) is -0.209. The van der Waals surface area contributed by atoms with Crippen LogP contribution >= 0.6 is 35.4 Å². The third kappa shape index (κ3) is 12.3. The predicted molar refractivity (Wildman–Crippen MR) is 178 cm³/mol. The second-order valence-electron chi connectivity index (χ2n) is 12.6. The molecule has 0 bridgehead atoms. The Hall–Kier alpha value is 1.40. The first-order valence-corrected chi connectivity index (χ1v) is 24.6. The maximum atomic E-state index is 11.9. The molecule has 4 aliphatic rings. The Morgan fingerprint density at radius 2 is 0.868 bits per heavy atom. The average Bonchev–Trinajstić information content (AvgIpc) is 3.01. The molecule has 1 aromatic carbocycles. The molecule has 1 aromatic rings. The minimum atomic E-state index is -0.209. The molecule has 4 aliphatic carbocycles. The average molecular weight is 767 g/mol. The molecule has 5 rings (SSSR count). The van der Waals surface area contributed by atoms with Crippen LogP contribution in [0, 0.1) is 11.9 Å². The third-order valence-corrected chi connectivity index (χ3v) is 18.5. The van der Waals surface area contributed by atoms with Crippen molar-refractivity contribution in [2.24, 2.45) is 0 Å². The molecule has 0 atom stereocenters. The van der Waals surface area contributed by atoms with Crippen LogP contribution in [0.25, 0.3) is 0 Å². The van der Waals surface area contributed by atoms with Crippen molar-refractivity contribution in [1.82, 2.24) is 0 Å². The van der Waals surface area contributed by atoms with Gasteiger partial charge in [0.05, 0.1) is 35.0 Å². The zero-order valence-corrected chi connectivity index (χ0v) is 29.7. The van der Waals surface area contributed by atoms with Gasteiger partial charge in [0.15, 0.2) is 0 Å². The molecule has 0 saturated heterocycles. The Balaban J connectivity index is 0.000000381. The van der Waals surface area contributed by atoms with Gasteiger partial charge in [0.2, 0.25) is 0 Å². The van der Waals surface area contributed by atoms with Gasteiger partial charge in [-0.05, 0) is 103 Å². The summed E-state index contributed by atoms with van der Waals surface area (Å²) in [4.78, 5) is 0. The molecular weight excluding hydrogens is 711 g/mol. The fourth-order valence-electron chi connectivity index (χ4n) is 8.24. The van der Waals surface area contributed by atoms with E-state index in [0.29, 0.717) is 0 Å². The quantitative estimate of drug-likeness (QED) is 0.107. The van der Waals surface area contributed by atoms with Crippen LogP contribution < -0.4 is 0 Å². The van der Waals surface area contributed by atoms with Gasteiger partial charge in [0, 0.05) is 28.1 Å². The minimum absolute atomic E-state index is 0.0851. The number of rotatable bonds is 8. The van der Waals surface area contributed by atoms with Crippen molar-refractivity contribution >= 4 is 35.4 Å². The van der Waals surface area contributed by atoms with E-state index in [2.05, 4.69) is 21.7 Å². The third-order valence-electron chi connectivity index (χ3n) is 10.1. The van der Waals surface area contributed by atoms with Gasteiger partial charge in [0.25, 0.3) is 0 Å². The van der Waals surface area contributed by atoms with Gasteiger partial charge in [-0.15, -0.1) is 12.1 Å². The molecule has 0 aromatic heterocycles. The summed E-state index contributed by atoms with van der Waals surface area (Å²) in [6.07, 6.45) is 37.0. The van der Waals surface area contributed by atoms with Crippen LogP contribution in [-0.4, -0.2) is 35.0 Å². The molecule has 0 amide bonds. The molecule has 0 spiro atoms. The molecule has 0 unspecified atom stereocenters. The number of hydrogen-bond acceptors (Lipinski definition) is 0. The SMILES string of the molecule is C1CCC([PH+](CCC[PH+](C2CCCCC2)C2CCCCC2)C2CCCCC2)CC1.Fc1cc[c-]cc1.[Pd+][I]. The van der Waals surface area contributed by atoms with Crippen molar-refractivity contribution in [2.75, 3.05) is 12.3 Å². The summed E-state index contributed by atoms with van der Waals surface area (Å²) in [7, 11) is -0.170. The zero-order valence-electron chi connectivity index (χ0n) is 24.0. The normalized spacial score (nSPS) is 22.5. The molecule has 0 heterocycles. The topological polar surface area (TPSA) is 0 Å². The van der Waals surface area contributed by atoms with Gasteiger partial charge in [-0.2, -0.15) is 18.2 Å². The Labute approximate surface area is 259 Å². The Morgan fingerprint density at radius 3 is 1.11 bits per heavy atom. The van der Waals surface area contributed by atoms with Crippen LogP contribution in [0.5, 0.6) is 0 Å². The van der Waals surface area contributed by atoms with Gasteiger partial charge in [-0.1, -0.05) is 25.7 Å². The molecule has 4 saturated carbocycles. The van der Waals surface area contributed by atoms with Crippen molar-refractivity contribution in [3.05, 3.63) is 36.1 Å². The molecule has 0 aliphatic heterocycles. The molecule has 0 nitrogen and oxygen atoms in total. The Bertz CT molecular complexity index is 607. The molecule has 220 valence electrons. The van der Waals surface area contributed by atoms with Crippen LogP contribution in [0.1, 0.15) is 135 Å². The fourth-order valence-corrected chi connectivity index (χ4v) is 17.3. The van der Waals surface area contributed by atoms with Gasteiger partial charge < -0.3 is 0 Å². The summed E-state index contributed by atoms with van der Waals surface area (Å²) >= 11 is 4.72. The van der Waals surface area contributed by atoms with E-state index in [0.717, 1.165) is 0 Å². The summed E-state index contributed by atoms with van der Waals surface area (Å²) in [5.41, 5.74) is 4.88. The van der Waals surface area contributed by atoms with Gasteiger partial charge in [0.1, 0.15) is 0 Å². The monoisotopic (exact) mass is 766 g/mol. The van der Waals surface area contributed by atoms with E-state index in [4.69, 9.17) is 0 Å². The van der Waals surface area contributed by atoms with Crippen molar-refractivity contribution in [3.8, 4) is 0 Å². The van der Waals surface area contributed by atoms with Crippen molar-refractivity contribution in [1.29, 1.82) is 0 Å². The van der Waals surface area contributed by atoms with E-state index in [1.165, 1.54) is 46.9 Å². The number of halogens is 2. The first-order valence-electron chi connectivity index (χ1n) is 16.3. The van der Waals surface area contributed by atoms with Crippen LogP contribution in [0.4, 0.5) is 4.39 Å². The van der Waals surface area contributed by atoms with Gasteiger partial charge in [-0.3, -0.25) is 0 Å². The molecule has 4 fully saturated rings. The molecule has 0 radical (unpaired) electrons. The number of benzene rings is 1. The second kappa shape index (κ2) is 21.1.